The Hall–Kier alpha value is -0.263. The maximum atomic E-state index is 5.68. The summed E-state index contributed by atoms with van der Waals surface area (Å²) in [7, 11) is -1.23. The third-order valence-electron chi connectivity index (χ3n) is 3.37. The van der Waals surface area contributed by atoms with Crippen molar-refractivity contribution in [2.45, 2.75) is 57.3 Å². The van der Waals surface area contributed by atoms with Gasteiger partial charge >= 0.3 is 0 Å². The minimum atomic E-state index is -1.23. The number of epoxide rings is 1. The van der Waals surface area contributed by atoms with Crippen molar-refractivity contribution in [3.63, 3.8) is 0 Å². The van der Waals surface area contributed by atoms with E-state index in [1.807, 2.05) is 0 Å². The van der Waals surface area contributed by atoms with Crippen LogP contribution in [0.4, 0.5) is 0 Å². The van der Waals surface area contributed by atoms with Crippen molar-refractivity contribution in [2.75, 3.05) is 6.61 Å². The van der Waals surface area contributed by atoms with Gasteiger partial charge in [0.2, 0.25) is 0 Å². The summed E-state index contributed by atoms with van der Waals surface area (Å²) in [5.74, 6) is 4.20. The number of hydrogen-bond donors (Lipinski definition) is 0. The van der Waals surface area contributed by atoms with E-state index in [9.17, 15) is 0 Å². The number of ether oxygens (including phenoxy) is 1. The normalized spacial score (nSPS) is 31.9. The lowest BCUT2D eigenvalue weighted by Crippen LogP contribution is -2.26. The van der Waals surface area contributed by atoms with Crippen LogP contribution < -0.4 is 0 Å². The molecular formula is C13H22OSi. The quantitative estimate of drug-likeness (QED) is 0.377. The Bertz CT molecular complexity index is 282. The number of hydrogen-bond acceptors (Lipinski definition) is 1. The van der Waals surface area contributed by atoms with Gasteiger partial charge in [-0.15, -0.1) is 5.54 Å². The van der Waals surface area contributed by atoms with Crippen LogP contribution >= 0.6 is 0 Å². The summed E-state index contributed by atoms with van der Waals surface area (Å²) in [6.07, 6.45) is 6.84. The Morgan fingerprint density at radius 1 is 1.13 bits per heavy atom. The second kappa shape index (κ2) is 3.96. The fourth-order valence-corrected chi connectivity index (χ4v) is 2.94. The summed E-state index contributed by atoms with van der Waals surface area (Å²) in [6, 6.07) is 0. The van der Waals surface area contributed by atoms with Gasteiger partial charge in [-0.25, -0.2) is 0 Å². The summed E-state index contributed by atoms with van der Waals surface area (Å²) < 4.78 is 5.68. The number of rotatable bonds is 1. The van der Waals surface area contributed by atoms with E-state index < -0.39 is 8.07 Å². The molecule has 84 valence electrons. The summed E-state index contributed by atoms with van der Waals surface area (Å²) in [5, 5.41) is 0. The monoisotopic (exact) mass is 222 g/mol. The van der Waals surface area contributed by atoms with Crippen LogP contribution in [0.1, 0.15) is 32.1 Å². The molecule has 1 atom stereocenters. The van der Waals surface area contributed by atoms with E-state index in [1.165, 1.54) is 32.1 Å². The Balaban J connectivity index is 2.02. The van der Waals surface area contributed by atoms with Crippen molar-refractivity contribution >= 4 is 8.07 Å². The first-order chi connectivity index (χ1) is 7.02. The highest BCUT2D eigenvalue weighted by atomic mass is 28.3. The standard InChI is InChI=1S/C13H22OSi/c1-15(2,3)10-9-13(11-14-13)12-7-5-4-6-8-12/h12H,4-8,11H2,1-3H3/t13-/m0/s1. The molecule has 0 unspecified atom stereocenters. The van der Waals surface area contributed by atoms with Crippen molar-refractivity contribution in [3.05, 3.63) is 0 Å². The first-order valence-corrected chi connectivity index (χ1v) is 9.70. The van der Waals surface area contributed by atoms with Gasteiger partial charge in [0.05, 0.1) is 6.61 Å². The minimum Gasteiger partial charge on any atom is -0.356 e. The zero-order valence-electron chi connectivity index (χ0n) is 10.2. The summed E-state index contributed by atoms with van der Waals surface area (Å²) >= 11 is 0. The molecule has 1 aliphatic carbocycles. The molecule has 0 aromatic heterocycles. The molecule has 0 bridgehead atoms. The van der Waals surface area contributed by atoms with Crippen molar-refractivity contribution in [1.82, 2.24) is 0 Å². The first kappa shape index (κ1) is 11.2. The molecule has 0 aromatic carbocycles. The van der Waals surface area contributed by atoms with E-state index in [1.54, 1.807) is 0 Å². The molecule has 1 nitrogen and oxygen atoms in total. The average molecular weight is 222 g/mol. The van der Waals surface area contributed by atoms with Gasteiger partial charge in [-0.3, -0.25) is 0 Å². The molecule has 0 spiro atoms. The van der Waals surface area contributed by atoms with Crippen LogP contribution in [-0.4, -0.2) is 20.3 Å². The zero-order chi connectivity index (χ0) is 10.9. The third-order valence-corrected chi connectivity index (χ3v) is 4.24. The van der Waals surface area contributed by atoms with Gasteiger partial charge in [0.1, 0.15) is 8.07 Å². The first-order valence-electron chi connectivity index (χ1n) is 6.20. The fraction of sp³-hybridized carbons (Fsp3) is 0.846. The molecule has 15 heavy (non-hydrogen) atoms. The molecule has 2 rings (SSSR count). The lowest BCUT2D eigenvalue weighted by molar-refractivity contribution is 0.220. The topological polar surface area (TPSA) is 12.5 Å². The van der Waals surface area contributed by atoms with Gasteiger partial charge in [0, 0.05) is 5.92 Å². The molecule has 1 heterocycles. The summed E-state index contributed by atoms with van der Waals surface area (Å²) in [5.41, 5.74) is 3.49. The second-order valence-electron chi connectivity index (χ2n) is 6.01. The Labute approximate surface area is 94.6 Å². The molecule has 2 fully saturated rings. The van der Waals surface area contributed by atoms with Gasteiger partial charge in [-0.1, -0.05) is 44.8 Å². The SMILES string of the molecule is C[Si](C)(C)C#C[C@@]1(C2CCCCC2)CO1. The maximum absolute atomic E-state index is 5.68. The predicted octanol–water partition coefficient (Wildman–Crippen LogP) is 3.22. The van der Waals surface area contributed by atoms with Crippen molar-refractivity contribution in [2.24, 2.45) is 5.92 Å². The van der Waals surface area contributed by atoms with Crippen LogP contribution in [0.15, 0.2) is 0 Å². The fourth-order valence-electron chi connectivity index (χ4n) is 2.35. The second-order valence-corrected chi connectivity index (χ2v) is 10.8. The van der Waals surface area contributed by atoms with Gasteiger partial charge in [-0.2, -0.15) is 0 Å². The molecule has 1 aliphatic heterocycles. The van der Waals surface area contributed by atoms with E-state index in [0.717, 1.165) is 12.5 Å². The molecule has 1 saturated heterocycles. The molecule has 0 radical (unpaired) electrons. The van der Waals surface area contributed by atoms with Gasteiger partial charge in [-0.05, 0) is 12.8 Å². The lowest BCUT2D eigenvalue weighted by Gasteiger charge is -2.24. The van der Waals surface area contributed by atoms with E-state index >= 15 is 0 Å². The van der Waals surface area contributed by atoms with Crippen LogP contribution in [0.25, 0.3) is 0 Å². The Kier molecular flexibility index (Phi) is 2.96. The van der Waals surface area contributed by atoms with Crippen LogP contribution in [0, 0.1) is 17.4 Å². The van der Waals surface area contributed by atoms with E-state index in [-0.39, 0.29) is 5.60 Å². The smallest absolute Gasteiger partial charge is 0.154 e. The largest absolute Gasteiger partial charge is 0.356 e. The van der Waals surface area contributed by atoms with E-state index in [0.29, 0.717) is 0 Å². The van der Waals surface area contributed by atoms with Gasteiger partial charge < -0.3 is 4.74 Å². The summed E-state index contributed by atoms with van der Waals surface area (Å²) in [6.45, 7) is 7.81. The molecule has 2 heteroatoms. The van der Waals surface area contributed by atoms with Crippen LogP contribution in [0.5, 0.6) is 0 Å². The predicted molar refractivity (Wildman–Crippen MR) is 66.4 cm³/mol. The molecule has 0 amide bonds. The third kappa shape index (κ3) is 2.86. The van der Waals surface area contributed by atoms with Crippen LogP contribution in [0.3, 0.4) is 0 Å². The maximum Gasteiger partial charge on any atom is 0.154 e. The Morgan fingerprint density at radius 3 is 2.20 bits per heavy atom. The van der Waals surface area contributed by atoms with Gasteiger partial charge in [0.15, 0.2) is 5.60 Å². The lowest BCUT2D eigenvalue weighted by atomic mass is 9.80. The Morgan fingerprint density at radius 2 is 1.73 bits per heavy atom. The molecule has 2 aliphatic rings. The van der Waals surface area contributed by atoms with Crippen LogP contribution in [0.2, 0.25) is 19.6 Å². The average Bonchev–Trinajstić information content (AvgIpc) is 2.96. The summed E-state index contributed by atoms with van der Waals surface area (Å²) in [4.78, 5) is 0. The molecule has 1 saturated carbocycles. The van der Waals surface area contributed by atoms with Crippen molar-refractivity contribution < 1.29 is 4.74 Å². The molecular weight excluding hydrogens is 200 g/mol. The van der Waals surface area contributed by atoms with Crippen molar-refractivity contribution in [3.8, 4) is 11.5 Å². The van der Waals surface area contributed by atoms with Crippen molar-refractivity contribution in [1.29, 1.82) is 0 Å². The van der Waals surface area contributed by atoms with Crippen LogP contribution in [-0.2, 0) is 4.74 Å². The molecule has 0 N–H and O–H groups in total. The van der Waals surface area contributed by atoms with E-state index in [4.69, 9.17) is 4.74 Å². The highest BCUT2D eigenvalue weighted by molar-refractivity contribution is 6.83. The highest BCUT2D eigenvalue weighted by Gasteiger charge is 2.50. The zero-order valence-corrected chi connectivity index (χ0v) is 11.2. The highest BCUT2D eigenvalue weighted by Crippen LogP contribution is 2.42. The minimum absolute atomic E-state index is 0.000694. The van der Waals surface area contributed by atoms with Gasteiger partial charge in [0.25, 0.3) is 0 Å². The molecule has 0 aromatic rings. The van der Waals surface area contributed by atoms with E-state index in [2.05, 4.69) is 31.1 Å².